The fourth-order valence-electron chi connectivity index (χ4n) is 1.68. The van der Waals surface area contributed by atoms with Crippen molar-refractivity contribution in [1.29, 1.82) is 0 Å². The molecule has 3 N–H and O–H groups in total. The van der Waals surface area contributed by atoms with Crippen LogP contribution in [-0.4, -0.2) is 8.42 Å². The van der Waals surface area contributed by atoms with E-state index in [1.54, 1.807) is 24.3 Å². The van der Waals surface area contributed by atoms with Gasteiger partial charge in [-0.3, -0.25) is 4.72 Å². The van der Waals surface area contributed by atoms with E-state index in [2.05, 4.69) is 4.72 Å². The molecule has 0 bridgehead atoms. The lowest BCUT2D eigenvalue weighted by atomic mass is 10.1. The van der Waals surface area contributed by atoms with Crippen molar-refractivity contribution in [3.63, 3.8) is 0 Å². The van der Waals surface area contributed by atoms with Gasteiger partial charge in [0.1, 0.15) is 5.82 Å². The van der Waals surface area contributed by atoms with E-state index in [0.717, 1.165) is 17.7 Å². The zero-order valence-electron chi connectivity index (χ0n) is 10.9. The van der Waals surface area contributed by atoms with Gasteiger partial charge in [0, 0.05) is 11.7 Å². The Morgan fingerprint density at radius 3 is 2.10 bits per heavy atom. The number of nitrogens with one attached hydrogen (secondary N) is 1. The molecule has 0 aliphatic rings. The van der Waals surface area contributed by atoms with Crippen LogP contribution in [0.25, 0.3) is 0 Å². The molecular formula is C14H15FN2O2S. The molecule has 0 spiro atoms. The summed E-state index contributed by atoms with van der Waals surface area (Å²) in [6, 6.07) is 11.3. The number of anilines is 1. The normalized spacial score (nSPS) is 12.9. The number of benzene rings is 2. The summed E-state index contributed by atoms with van der Waals surface area (Å²) in [6.45, 7) is 1.84. The minimum absolute atomic E-state index is 0.00942. The van der Waals surface area contributed by atoms with Gasteiger partial charge in [0.05, 0.1) is 4.90 Å². The predicted octanol–water partition coefficient (Wildman–Crippen LogP) is 2.65. The summed E-state index contributed by atoms with van der Waals surface area (Å²) in [5.74, 6) is -0.481. The first-order valence-electron chi connectivity index (χ1n) is 6.02. The Hall–Kier alpha value is -1.92. The first-order chi connectivity index (χ1) is 9.38. The molecule has 1 unspecified atom stereocenters. The summed E-state index contributed by atoms with van der Waals surface area (Å²) < 4.78 is 39.4. The Labute approximate surface area is 117 Å². The predicted molar refractivity (Wildman–Crippen MR) is 76.3 cm³/mol. The molecule has 6 heteroatoms. The highest BCUT2D eigenvalue weighted by Crippen LogP contribution is 2.18. The smallest absolute Gasteiger partial charge is 0.261 e. The summed E-state index contributed by atoms with van der Waals surface area (Å²) in [5, 5.41) is 0. The van der Waals surface area contributed by atoms with Crippen LogP contribution < -0.4 is 10.5 Å². The van der Waals surface area contributed by atoms with Crippen LogP contribution in [0, 0.1) is 5.82 Å². The third kappa shape index (κ3) is 3.34. The summed E-state index contributed by atoms with van der Waals surface area (Å²) in [7, 11) is -3.71. The van der Waals surface area contributed by atoms with Crippen LogP contribution in [-0.2, 0) is 10.0 Å². The molecule has 0 aromatic heterocycles. The van der Waals surface area contributed by atoms with Gasteiger partial charge in [0.2, 0.25) is 0 Å². The molecule has 0 saturated carbocycles. The molecule has 0 amide bonds. The topological polar surface area (TPSA) is 72.2 Å². The van der Waals surface area contributed by atoms with E-state index >= 15 is 0 Å². The van der Waals surface area contributed by atoms with Gasteiger partial charge in [0.15, 0.2) is 0 Å². The SMILES string of the molecule is CC(N)c1ccc(NS(=O)(=O)c2ccc(F)cc2)cc1. The van der Waals surface area contributed by atoms with Gasteiger partial charge in [-0.1, -0.05) is 12.1 Å². The van der Waals surface area contributed by atoms with E-state index in [9.17, 15) is 12.8 Å². The van der Waals surface area contributed by atoms with Gasteiger partial charge >= 0.3 is 0 Å². The molecular weight excluding hydrogens is 279 g/mol. The lowest BCUT2D eigenvalue weighted by Gasteiger charge is -2.10. The van der Waals surface area contributed by atoms with E-state index < -0.39 is 15.8 Å². The molecule has 0 radical (unpaired) electrons. The second-order valence-corrected chi connectivity index (χ2v) is 6.15. The molecule has 0 saturated heterocycles. The quantitative estimate of drug-likeness (QED) is 0.910. The van der Waals surface area contributed by atoms with Gasteiger partial charge in [-0.2, -0.15) is 0 Å². The molecule has 0 heterocycles. The van der Waals surface area contributed by atoms with Gasteiger partial charge in [-0.15, -0.1) is 0 Å². The zero-order valence-corrected chi connectivity index (χ0v) is 11.7. The molecule has 0 fully saturated rings. The Balaban J connectivity index is 2.22. The molecule has 1 atom stereocenters. The Morgan fingerprint density at radius 1 is 1.05 bits per heavy atom. The van der Waals surface area contributed by atoms with Crippen molar-refractivity contribution in [3.8, 4) is 0 Å². The largest absolute Gasteiger partial charge is 0.324 e. The maximum atomic E-state index is 12.8. The van der Waals surface area contributed by atoms with Crippen LogP contribution >= 0.6 is 0 Å². The van der Waals surface area contributed by atoms with Crippen LogP contribution in [0.4, 0.5) is 10.1 Å². The molecule has 106 valence electrons. The number of hydrogen-bond donors (Lipinski definition) is 2. The Bertz CT molecular complexity index is 680. The van der Waals surface area contributed by atoms with E-state index in [1.807, 2.05) is 6.92 Å². The molecule has 4 nitrogen and oxygen atoms in total. The zero-order chi connectivity index (χ0) is 14.8. The summed E-state index contributed by atoms with van der Waals surface area (Å²) >= 11 is 0. The fourth-order valence-corrected chi connectivity index (χ4v) is 2.74. The van der Waals surface area contributed by atoms with E-state index in [4.69, 9.17) is 5.73 Å². The molecule has 2 aromatic rings. The number of nitrogens with two attached hydrogens (primary N) is 1. The van der Waals surface area contributed by atoms with Crippen molar-refractivity contribution in [2.75, 3.05) is 4.72 Å². The lowest BCUT2D eigenvalue weighted by Crippen LogP contribution is -2.13. The third-order valence-electron chi connectivity index (χ3n) is 2.81. The number of hydrogen-bond acceptors (Lipinski definition) is 3. The monoisotopic (exact) mass is 294 g/mol. The molecule has 0 aliphatic carbocycles. The van der Waals surface area contributed by atoms with Gasteiger partial charge < -0.3 is 5.73 Å². The van der Waals surface area contributed by atoms with Crippen LogP contribution in [0.3, 0.4) is 0 Å². The maximum absolute atomic E-state index is 12.8. The third-order valence-corrected chi connectivity index (χ3v) is 4.21. The van der Waals surface area contributed by atoms with E-state index in [1.165, 1.54) is 12.1 Å². The average Bonchev–Trinajstić information content (AvgIpc) is 2.39. The standard InChI is InChI=1S/C14H15FN2O2S/c1-10(16)11-2-6-13(7-3-11)17-20(18,19)14-8-4-12(15)5-9-14/h2-10,17H,16H2,1H3. The first-order valence-corrected chi connectivity index (χ1v) is 7.51. The van der Waals surface area contributed by atoms with Crippen molar-refractivity contribution in [2.24, 2.45) is 5.73 Å². The second kappa shape index (κ2) is 5.60. The molecule has 2 aromatic carbocycles. The minimum Gasteiger partial charge on any atom is -0.324 e. The summed E-state index contributed by atoms with van der Waals surface area (Å²) in [4.78, 5) is 0.00942. The highest BCUT2D eigenvalue weighted by Gasteiger charge is 2.14. The molecule has 0 aliphatic heterocycles. The summed E-state index contributed by atoms with van der Waals surface area (Å²) in [5.41, 5.74) is 7.06. The maximum Gasteiger partial charge on any atom is 0.261 e. The summed E-state index contributed by atoms with van der Waals surface area (Å²) in [6.07, 6.45) is 0. The molecule has 20 heavy (non-hydrogen) atoms. The second-order valence-electron chi connectivity index (χ2n) is 4.47. The highest BCUT2D eigenvalue weighted by molar-refractivity contribution is 7.92. The van der Waals surface area contributed by atoms with Crippen molar-refractivity contribution >= 4 is 15.7 Å². The van der Waals surface area contributed by atoms with Gasteiger partial charge in [-0.25, -0.2) is 12.8 Å². The van der Waals surface area contributed by atoms with Crippen molar-refractivity contribution in [2.45, 2.75) is 17.9 Å². The fraction of sp³-hybridized carbons (Fsp3) is 0.143. The van der Waals surface area contributed by atoms with E-state index in [0.29, 0.717) is 5.69 Å². The average molecular weight is 294 g/mol. The van der Waals surface area contributed by atoms with E-state index in [-0.39, 0.29) is 10.9 Å². The van der Waals surface area contributed by atoms with Crippen molar-refractivity contribution < 1.29 is 12.8 Å². The number of sulfonamides is 1. The van der Waals surface area contributed by atoms with Gasteiger partial charge in [-0.05, 0) is 48.9 Å². The Kier molecular flexibility index (Phi) is 4.06. The van der Waals surface area contributed by atoms with Crippen molar-refractivity contribution in [1.82, 2.24) is 0 Å². The van der Waals surface area contributed by atoms with Crippen LogP contribution in [0.15, 0.2) is 53.4 Å². The van der Waals surface area contributed by atoms with Crippen LogP contribution in [0.1, 0.15) is 18.5 Å². The number of rotatable bonds is 4. The lowest BCUT2D eigenvalue weighted by molar-refractivity contribution is 0.599. The van der Waals surface area contributed by atoms with Gasteiger partial charge in [0.25, 0.3) is 10.0 Å². The molecule has 2 rings (SSSR count). The minimum atomic E-state index is -3.71. The number of halogens is 1. The Morgan fingerprint density at radius 2 is 1.60 bits per heavy atom. The first kappa shape index (κ1) is 14.5. The van der Waals surface area contributed by atoms with Crippen molar-refractivity contribution in [3.05, 3.63) is 59.9 Å². The van der Waals surface area contributed by atoms with Crippen LogP contribution in [0.5, 0.6) is 0 Å². The highest BCUT2D eigenvalue weighted by atomic mass is 32.2. The van der Waals surface area contributed by atoms with Crippen LogP contribution in [0.2, 0.25) is 0 Å².